The van der Waals surface area contributed by atoms with E-state index in [4.69, 9.17) is 0 Å². The van der Waals surface area contributed by atoms with E-state index in [0.717, 1.165) is 55.5 Å². The number of nitrogens with zero attached hydrogens (tertiary/aromatic N) is 2. The standard InChI is InChI=1S/C42H42N6O4.2C7H8O3S/c1-3-5-25-47-27-7-9-37(29-47)45-41(51)33-16-20-35(21-17-33)43-39(49)24-13-31-11-14-32(15-12-31)40(50)44-36-22-18-34(19-23-36)42(52)46-38-10-8-28-48(30-38)26-6-4-2;2*1-6-2-4-7(5-3-6)11(8,9)10/h7-24,27-30H,3-6,25-26H2,1-2H3,(H2-2,43,44,45,46,49,50,51,52);2*2-5H,1H3,(H,8,9,10)/b24-13+;;. The summed E-state index contributed by atoms with van der Waals surface area (Å²) in [6.45, 7) is 9.70. The fourth-order valence-electron chi connectivity index (χ4n) is 6.68. The van der Waals surface area contributed by atoms with Gasteiger partial charge in [0.25, 0.3) is 17.7 Å². The number of hydrogen-bond donors (Lipinski definition) is 4. The Kier molecular flexibility index (Phi) is 21.2. The van der Waals surface area contributed by atoms with Crippen LogP contribution >= 0.6 is 0 Å². The van der Waals surface area contributed by atoms with Crippen molar-refractivity contribution < 1.29 is 54.3 Å². The smallest absolute Gasteiger partial charge is 0.255 e. The molecule has 0 saturated heterocycles. The number of rotatable bonds is 17. The van der Waals surface area contributed by atoms with Gasteiger partial charge in [0.05, 0.1) is 9.79 Å². The molecule has 7 aromatic rings. The number of aryl methyl sites for hydroxylation is 4. The molecule has 4 amide bonds. The monoisotopic (exact) mass is 1040 g/mol. The summed E-state index contributed by atoms with van der Waals surface area (Å²) < 4.78 is 66.4. The Morgan fingerprint density at radius 3 is 1.19 bits per heavy atom. The lowest BCUT2D eigenvalue weighted by molar-refractivity contribution is -0.696. The first-order valence-electron chi connectivity index (χ1n) is 23.6. The van der Waals surface area contributed by atoms with Crippen LogP contribution in [0.5, 0.6) is 0 Å². The lowest BCUT2D eigenvalue weighted by Gasteiger charge is -2.08. The molecule has 0 saturated carbocycles. The number of benzene rings is 5. The molecule has 7 rings (SSSR count). The maximum absolute atomic E-state index is 12.9. The van der Waals surface area contributed by atoms with Gasteiger partial charge < -0.3 is 30.4 Å². The Morgan fingerprint density at radius 1 is 0.473 bits per heavy atom. The van der Waals surface area contributed by atoms with Gasteiger partial charge in [-0.1, -0.05) is 74.2 Å². The molecule has 0 aliphatic heterocycles. The van der Waals surface area contributed by atoms with Gasteiger partial charge in [-0.2, -0.15) is 0 Å². The number of hydrogen-bond acceptors (Lipinski definition) is 10. The van der Waals surface area contributed by atoms with E-state index >= 15 is 0 Å². The van der Waals surface area contributed by atoms with Crippen LogP contribution in [-0.2, 0) is 38.1 Å². The number of pyridine rings is 2. The third-order valence-corrected chi connectivity index (χ3v) is 12.5. The van der Waals surface area contributed by atoms with Crippen molar-refractivity contribution in [2.45, 2.75) is 76.3 Å². The molecule has 5 aromatic carbocycles. The third kappa shape index (κ3) is 19.1. The Bertz CT molecular complexity index is 3190. The number of carbonyl (C=O) groups excluding carboxylic acids is 4. The van der Waals surface area contributed by atoms with Gasteiger partial charge in [0, 0.05) is 59.1 Å². The molecular weight excluding hydrogens is 981 g/mol. The fraction of sp³-hybridized carbons (Fsp3) is 0.179. The third-order valence-electron chi connectivity index (χ3n) is 10.8. The van der Waals surface area contributed by atoms with Crippen LogP contribution in [0.3, 0.4) is 0 Å². The van der Waals surface area contributed by atoms with E-state index in [-0.39, 0.29) is 33.4 Å². The summed E-state index contributed by atoms with van der Waals surface area (Å²) in [6, 6.07) is 39.3. The zero-order valence-electron chi connectivity index (χ0n) is 41.4. The highest BCUT2D eigenvalue weighted by molar-refractivity contribution is 7.86. The van der Waals surface area contributed by atoms with Crippen molar-refractivity contribution >= 4 is 72.7 Å². The van der Waals surface area contributed by atoms with Crippen LogP contribution in [-0.4, -0.2) is 49.6 Å². The van der Waals surface area contributed by atoms with Crippen molar-refractivity contribution in [3.8, 4) is 0 Å². The first kappa shape index (κ1) is 56.8. The number of amides is 4. The molecule has 0 atom stereocenters. The van der Waals surface area contributed by atoms with E-state index in [9.17, 15) is 45.1 Å². The lowest BCUT2D eigenvalue weighted by atomic mass is 10.1. The maximum Gasteiger partial charge on any atom is 0.255 e. The number of nitrogens with one attached hydrogen (secondary N) is 4. The van der Waals surface area contributed by atoms with Crippen molar-refractivity contribution in [1.29, 1.82) is 0 Å². The molecule has 0 bridgehead atoms. The Hall–Kier alpha value is -8.16. The quantitative estimate of drug-likeness (QED) is 0.0383. The normalized spacial score (nSPS) is 11.0. The molecule has 16 nitrogen and oxygen atoms in total. The molecular formula is C56H58N6O10S2. The summed E-state index contributed by atoms with van der Waals surface area (Å²) in [5.74, 6) is -1.11. The molecule has 0 radical (unpaired) electrons. The molecule has 2 heterocycles. The van der Waals surface area contributed by atoms with Gasteiger partial charge in [0.1, 0.15) is 44.7 Å². The van der Waals surface area contributed by atoms with Crippen LogP contribution in [0.25, 0.3) is 6.08 Å². The summed E-state index contributed by atoms with van der Waals surface area (Å²) in [5, 5.41) is 11.5. The topological polar surface area (TPSA) is 239 Å². The van der Waals surface area contributed by atoms with Crippen molar-refractivity contribution in [3.63, 3.8) is 0 Å². The second kappa shape index (κ2) is 27.6. The van der Waals surface area contributed by atoms with Crippen molar-refractivity contribution in [2.24, 2.45) is 0 Å². The number of anilines is 4. The van der Waals surface area contributed by atoms with Gasteiger partial charge in [-0.3, -0.25) is 19.2 Å². The molecule has 2 aromatic heterocycles. The molecule has 0 fully saturated rings. The highest BCUT2D eigenvalue weighted by Crippen LogP contribution is 2.17. The van der Waals surface area contributed by atoms with Crippen molar-refractivity contribution in [3.05, 3.63) is 210 Å². The van der Waals surface area contributed by atoms with Crippen molar-refractivity contribution in [1.82, 2.24) is 0 Å². The first-order chi connectivity index (χ1) is 35.3. The maximum atomic E-state index is 12.9. The van der Waals surface area contributed by atoms with Crippen LogP contribution in [0.4, 0.5) is 22.7 Å². The van der Waals surface area contributed by atoms with E-state index in [1.54, 1.807) is 103 Å². The summed E-state index contributed by atoms with van der Waals surface area (Å²) in [7, 11) is -8.54. The zero-order chi connectivity index (χ0) is 53.7. The number of unbranched alkanes of at least 4 members (excludes halogenated alkanes) is 2. The van der Waals surface area contributed by atoms with Crippen LogP contribution in [0.2, 0.25) is 0 Å². The average molecular weight is 1040 g/mol. The van der Waals surface area contributed by atoms with E-state index in [1.807, 2.05) is 62.9 Å². The number of aromatic nitrogens is 2. The van der Waals surface area contributed by atoms with Crippen LogP contribution in [0.15, 0.2) is 186 Å². The molecule has 18 heteroatoms. The van der Waals surface area contributed by atoms with Gasteiger partial charge in [0.2, 0.25) is 5.91 Å². The zero-order valence-corrected chi connectivity index (χ0v) is 43.0. The highest BCUT2D eigenvalue weighted by atomic mass is 32.2. The summed E-state index contributed by atoms with van der Waals surface area (Å²) in [4.78, 5) is 50.6. The van der Waals surface area contributed by atoms with Gasteiger partial charge in [-0.05, 0) is 123 Å². The molecule has 0 spiro atoms. The first-order valence-corrected chi connectivity index (χ1v) is 26.4. The number of carbonyl (C=O) groups is 4. The van der Waals surface area contributed by atoms with E-state index in [0.29, 0.717) is 39.4 Å². The SMILES string of the molecule is CCCC[n+]1cccc(NC(=O)c2ccc(NC(=O)/C=C/c3ccc(C(=O)Nc4ccc(C(=O)Nc5ccc[n+](CCCC)c5)cc4)cc3)cc2)c1.Cc1ccc(S(=O)(=O)[O-])cc1.Cc1ccc(S(=O)(=O)[O-])cc1. The van der Waals surface area contributed by atoms with E-state index in [2.05, 4.69) is 44.2 Å². The van der Waals surface area contributed by atoms with E-state index < -0.39 is 20.2 Å². The molecule has 0 aliphatic rings. The summed E-state index contributed by atoms with van der Waals surface area (Å²) in [5.41, 5.74) is 6.51. The van der Waals surface area contributed by atoms with Crippen molar-refractivity contribution in [2.75, 3.05) is 21.3 Å². The summed E-state index contributed by atoms with van der Waals surface area (Å²) in [6.07, 6.45) is 15.1. The van der Waals surface area contributed by atoms with Gasteiger partial charge in [0.15, 0.2) is 24.8 Å². The van der Waals surface area contributed by atoms with Gasteiger partial charge in [-0.15, -0.1) is 0 Å². The lowest BCUT2D eigenvalue weighted by Crippen LogP contribution is -2.33. The Morgan fingerprint density at radius 2 is 0.824 bits per heavy atom. The molecule has 384 valence electrons. The van der Waals surface area contributed by atoms with Gasteiger partial charge in [-0.25, -0.2) is 26.0 Å². The average Bonchev–Trinajstić information content (AvgIpc) is 3.37. The van der Waals surface area contributed by atoms with E-state index in [1.165, 1.54) is 30.3 Å². The minimum Gasteiger partial charge on any atom is -0.744 e. The molecule has 4 N–H and O–H groups in total. The Balaban J connectivity index is 0.000000376. The Labute approximate surface area is 432 Å². The fourth-order valence-corrected chi connectivity index (χ4v) is 7.62. The minimum absolute atomic E-state index is 0.178. The largest absolute Gasteiger partial charge is 0.744 e. The predicted molar refractivity (Wildman–Crippen MR) is 282 cm³/mol. The summed E-state index contributed by atoms with van der Waals surface area (Å²) >= 11 is 0. The second-order valence-corrected chi connectivity index (χ2v) is 19.6. The second-order valence-electron chi connectivity index (χ2n) is 16.9. The minimum atomic E-state index is -4.27. The molecule has 0 unspecified atom stereocenters. The van der Waals surface area contributed by atoms with Crippen LogP contribution in [0, 0.1) is 13.8 Å². The predicted octanol–water partition coefficient (Wildman–Crippen LogP) is 9.07. The highest BCUT2D eigenvalue weighted by Gasteiger charge is 2.13. The van der Waals surface area contributed by atoms with Crippen LogP contribution < -0.4 is 30.4 Å². The molecule has 74 heavy (non-hydrogen) atoms. The van der Waals surface area contributed by atoms with Gasteiger partial charge >= 0.3 is 0 Å². The van der Waals surface area contributed by atoms with Crippen LogP contribution in [0.1, 0.15) is 87.3 Å². The molecule has 0 aliphatic carbocycles.